The van der Waals surface area contributed by atoms with Gasteiger partial charge in [0.15, 0.2) is 17.8 Å². The molecule has 0 amide bonds. The first-order valence-electron chi connectivity index (χ1n) is 12.8. The van der Waals surface area contributed by atoms with Crippen LogP contribution in [0.15, 0.2) is 66.7 Å². The van der Waals surface area contributed by atoms with Crippen LogP contribution in [0.25, 0.3) is 16.7 Å². The van der Waals surface area contributed by atoms with E-state index in [-0.39, 0.29) is 18.1 Å². The Bertz CT molecular complexity index is 1230. The Morgan fingerprint density at radius 2 is 1.69 bits per heavy atom. The maximum atomic E-state index is 10.0. The smallest absolute Gasteiger partial charge is 0.160 e. The summed E-state index contributed by atoms with van der Waals surface area (Å²) in [5.74, 6) is 1.55. The minimum absolute atomic E-state index is 0.0864. The zero-order valence-electron chi connectivity index (χ0n) is 22.2. The van der Waals surface area contributed by atoms with Crippen LogP contribution in [0.4, 0.5) is 0 Å². The van der Waals surface area contributed by atoms with E-state index in [1.54, 1.807) is 12.1 Å². The van der Waals surface area contributed by atoms with Gasteiger partial charge in [0, 0.05) is 12.1 Å². The van der Waals surface area contributed by atoms with Crippen molar-refractivity contribution in [1.82, 2.24) is 9.55 Å². The number of ether oxygens (including phenoxy) is 3. The maximum Gasteiger partial charge on any atom is 0.160 e. The molecule has 4 aromatic rings. The van der Waals surface area contributed by atoms with E-state index < -0.39 is 0 Å². The summed E-state index contributed by atoms with van der Waals surface area (Å²) in [6.45, 7) is 10.5. The van der Waals surface area contributed by atoms with Gasteiger partial charge < -0.3 is 19.3 Å². The molecule has 2 atom stereocenters. The van der Waals surface area contributed by atoms with Crippen LogP contribution in [-0.4, -0.2) is 28.1 Å². The number of phenolic OH excluding ortho intramolecular Hbond substituents is 1. The second-order valence-electron chi connectivity index (χ2n) is 8.02. The summed E-state index contributed by atoms with van der Waals surface area (Å²) in [5.41, 5.74) is 5.20. The molecule has 1 N–H and O–H groups in total. The van der Waals surface area contributed by atoms with Gasteiger partial charge >= 0.3 is 0 Å². The van der Waals surface area contributed by atoms with Crippen molar-refractivity contribution < 1.29 is 19.3 Å². The molecule has 6 nitrogen and oxygen atoms in total. The lowest BCUT2D eigenvalue weighted by Crippen LogP contribution is -2.11. The molecule has 0 saturated carbocycles. The number of rotatable bonds is 6. The summed E-state index contributed by atoms with van der Waals surface area (Å²) in [7, 11) is 1.54. The van der Waals surface area contributed by atoms with Gasteiger partial charge in [-0.05, 0) is 60.9 Å². The minimum atomic E-state index is -0.260. The number of phenols is 1. The van der Waals surface area contributed by atoms with Crippen molar-refractivity contribution in [2.75, 3.05) is 7.11 Å². The van der Waals surface area contributed by atoms with Crippen LogP contribution in [0.1, 0.15) is 63.6 Å². The van der Waals surface area contributed by atoms with Crippen LogP contribution in [0.3, 0.4) is 0 Å². The number of para-hydroxylation sites is 2. The first-order chi connectivity index (χ1) is 17.6. The largest absolute Gasteiger partial charge is 0.504 e. The third-order valence-corrected chi connectivity index (χ3v) is 5.91. The van der Waals surface area contributed by atoms with Gasteiger partial charge in [0.1, 0.15) is 5.82 Å². The Morgan fingerprint density at radius 1 is 0.972 bits per heavy atom. The molecule has 0 radical (unpaired) electrons. The summed E-state index contributed by atoms with van der Waals surface area (Å²) >= 11 is 0. The van der Waals surface area contributed by atoms with E-state index in [1.165, 1.54) is 7.11 Å². The van der Waals surface area contributed by atoms with E-state index >= 15 is 0 Å². The Hall–Kier alpha value is -3.35. The molecule has 36 heavy (non-hydrogen) atoms. The van der Waals surface area contributed by atoms with Gasteiger partial charge in [0.05, 0.1) is 30.9 Å². The second kappa shape index (κ2) is 13.1. The third kappa shape index (κ3) is 6.07. The quantitative estimate of drug-likeness (QED) is 0.303. The van der Waals surface area contributed by atoms with Crippen LogP contribution >= 0.6 is 0 Å². The van der Waals surface area contributed by atoms with Gasteiger partial charge in [-0.1, -0.05) is 58.0 Å². The fourth-order valence-corrected chi connectivity index (χ4v) is 4.28. The Morgan fingerprint density at radius 3 is 2.39 bits per heavy atom. The highest BCUT2D eigenvalue weighted by molar-refractivity contribution is 5.78. The van der Waals surface area contributed by atoms with Crippen molar-refractivity contribution in [3.05, 3.63) is 83.7 Å². The molecule has 0 spiro atoms. The van der Waals surface area contributed by atoms with Crippen molar-refractivity contribution in [3.63, 3.8) is 0 Å². The van der Waals surface area contributed by atoms with Crippen molar-refractivity contribution in [2.24, 2.45) is 0 Å². The number of hydrogen-bond acceptors (Lipinski definition) is 5. The van der Waals surface area contributed by atoms with Gasteiger partial charge in [0.2, 0.25) is 0 Å². The molecule has 5 rings (SSSR count). The molecule has 192 valence electrons. The summed E-state index contributed by atoms with van der Waals surface area (Å²) in [4.78, 5) is 4.65. The molecule has 0 aliphatic carbocycles. The number of aromatic hydroxyl groups is 1. The van der Waals surface area contributed by atoms with E-state index in [0.717, 1.165) is 46.5 Å². The predicted molar refractivity (Wildman–Crippen MR) is 145 cm³/mol. The van der Waals surface area contributed by atoms with Crippen LogP contribution < -0.4 is 4.74 Å². The van der Waals surface area contributed by atoms with Crippen LogP contribution in [-0.2, 0) is 16.1 Å². The Kier molecular flexibility index (Phi) is 9.91. The zero-order chi connectivity index (χ0) is 26.1. The standard InChI is InChI=1S/C26H26N2O4.2C2H6/c1-17-27-21-5-3-4-6-22(21)28(17)20-10-7-18(8-11-20)16-31-26-14-13-24(32-26)19-9-12-25(30-2)23(29)15-19;2*1-2/h3-12,15,24,26,29H,13-14,16H2,1-2H3;2*1-2H3. The molecule has 3 aromatic carbocycles. The molecule has 2 unspecified atom stereocenters. The van der Waals surface area contributed by atoms with Crippen molar-refractivity contribution >= 4 is 11.0 Å². The number of methoxy groups -OCH3 is 1. The number of benzene rings is 3. The maximum absolute atomic E-state index is 10.0. The topological polar surface area (TPSA) is 65.7 Å². The van der Waals surface area contributed by atoms with Crippen LogP contribution in [0.2, 0.25) is 0 Å². The zero-order valence-corrected chi connectivity index (χ0v) is 22.2. The molecular formula is C30H38N2O4. The Balaban J connectivity index is 0.000000861. The first-order valence-corrected chi connectivity index (χ1v) is 12.8. The fraction of sp³-hybridized carbons (Fsp3) is 0.367. The number of hydrogen-bond donors (Lipinski definition) is 1. The molecule has 0 bridgehead atoms. The molecular weight excluding hydrogens is 452 g/mol. The summed E-state index contributed by atoms with van der Waals surface area (Å²) in [6.07, 6.45) is 1.32. The lowest BCUT2D eigenvalue weighted by atomic mass is 10.1. The fourth-order valence-electron chi connectivity index (χ4n) is 4.28. The Labute approximate surface area is 214 Å². The predicted octanol–water partition coefficient (Wildman–Crippen LogP) is 7.49. The number of nitrogens with zero attached hydrogens (tertiary/aromatic N) is 2. The van der Waals surface area contributed by atoms with Crippen molar-refractivity contribution in [1.29, 1.82) is 0 Å². The van der Waals surface area contributed by atoms with Gasteiger partial charge in [-0.3, -0.25) is 4.57 Å². The average Bonchev–Trinajstić information content (AvgIpc) is 3.54. The molecule has 1 fully saturated rings. The highest BCUT2D eigenvalue weighted by Gasteiger charge is 2.27. The molecule has 6 heteroatoms. The molecule has 1 saturated heterocycles. The van der Waals surface area contributed by atoms with Crippen LogP contribution in [0, 0.1) is 6.92 Å². The highest BCUT2D eigenvalue weighted by Crippen LogP contribution is 2.37. The number of aryl methyl sites for hydroxylation is 1. The second-order valence-corrected chi connectivity index (χ2v) is 8.02. The SMILES string of the molecule is CC.CC.COc1ccc(C2CCC(OCc3ccc(-n4c(C)nc5ccccc54)cc3)O2)cc1O. The first kappa shape index (κ1) is 27.2. The number of imidazole rings is 1. The molecule has 1 aliphatic heterocycles. The van der Waals surface area contributed by atoms with Crippen molar-refractivity contribution in [2.45, 2.75) is 66.5 Å². The van der Waals surface area contributed by atoms with Gasteiger partial charge in [-0.2, -0.15) is 0 Å². The lowest BCUT2D eigenvalue weighted by Gasteiger charge is -2.16. The molecule has 2 heterocycles. The molecule has 1 aromatic heterocycles. The minimum Gasteiger partial charge on any atom is -0.504 e. The molecule has 1 aliphatic rings. The summed E-state index contributed by atoms with van der Waals surface area (Å²) < 4.78 is 19.3. The van der Waals surface area contributed by atoms with Gasteiger partial charge in [-0.15, -0.1) is 0 Å². The summed E-state index contributed by atoms with van der Waals surface area (Å²) in [5, 5.41) is 10.0. The van der Waals surface area contributed by atoms with Crippen LogP contribution in [0.5, 0.6) is 11.5 Å². The van der Waals surface area contributed by atoms with Crippen molar-refractivity contribution in [3.8, 4) is 17.2 Å². The van der Waals surface area contributed by atoms with E-state index in [2.05, 4.69) is 39.9 Å². The van der Waals surface area contributed by atoms with Gasteiger partial charge in [0.25, 0.3) is 0 Å². The monoisotopic (exact) mass is 490 g/mol. The number of aromatic nitrogens is 2. The lowest BCUT2D eigenvalue weighted by molar-refractivity contribution is -0.141. The summed E-state index contributed by atoms with van der Waals surface area (Å²) in [6, 6.07) is 21.9. The van der Waals surface area contributed by atoms with E-state index in [4.69, 9.17) is 14.2 Å². The van der Waals surface area contributed by atoms with E-state index in [9.17, 15) is 5.11 Å². The normalized spacial score (nSPS) is 16.6. The number of fused-ring (bicyclic) bond motifs is 1. The van der Waals surface area contributed by atoms with E-state index in [1.807, 2.05) is 58.9 Å². The highest BCUT2D eigenvalue weighted by atomic mass is 16.7. The van der Waals surface area contributed by atoms with E-state index in [0.29, 0.717) is 12.4 Å². The van der Waals surface area contributed by atoms with Gasteiger partial charge in [-0.25, -0.2) is 4.98 Å². The average molecular weight is 491 g/mol. The third-order valence-electron chi connectivity index (χ3n) is 5.91.